The van der Waals surface area contributed by atoms with Gasteiger partial charge in [0.2, 0.25) is 5.91 Å². The Bertz CT molecular complexity index is 642. The summed E-state index contributed by atoms with van der Waals surface area (Å²) in [5.74, 6) is -0.857. The predicted octanol–water partition coefficient (Wildman–Crippen LogP) is 1.96. The van der Waals surface area contributed by atoms with E-state index in [-0.39, 0.29) is 23.8 Å². The van der Waals surface area contributed by atoms with E-state index in [9.17, 15) is 14.4 Å². The normalized spacial score (nSPS) is 11.6. The van der Waals surface area contributed by atoms with Crippen molar-refractivity contribution in [2.45, 2.75) is 27.2 Å². The van der Waals surface area contributed by atoms with Crippen molar-refractivity contribution in [3.8, 4) is 5.75 Å². The van der Waals surface area contributed by atoms with Crippen molar-refractivity contribution in [1.82, 2.24) is 5.43 Å². The number of carbonyl (C=O) groups is 3. The molecule has 0 saturated carbocycles. The fourth-order valence-corrected chi connectivity index (χ4v) is 1.59. The van der Waals surface area contributed by atoms with Gasteiger partial charge in [0, 0.05) is 11.0 Å². The summed E-state index contributed by atoms with van der Waals surface area (Å²) in [5.41, 5.74) is 1.84. The van der Waals surface area contributed by atoms with Crippen LogP contribution in [0, 0.1) is 5.41 Å². The van der Waals surface area contributed by atoms with Crippen molar-refractivity contribution in [3.63, 3.8) is 0 Å². The van der Waals surface area contributed by atoms with E-state index in [1.165, 1.54) is 14.2 Å². The summed E-state index contributed by atoms with van der Waals surface area (Å²) in [5, 5.41) is 3.76. The average molecular weight is 334 g/mol. The molecule has 0 atom stereocenters. The van der Waals surface area contributed by atoms with E-state index in [0.29, 0.717) is 11.3 Å². The molecule has 7 heteroatoms. The molecule has 0 spiro atoms. The van der Waals surface area contributed by atoms with Crippen LogP contribution >= 0.6 is 0 Å². The standard InChI is InChI=1S/C17H22N2O5/c1-17(2,3)16(22)19-18-13(15(21)24-5)10-14(20)11-6-8-12(23-4)9-7-11/h6-9H,10H2,1-5H3,(H,19,22)/b18-13-. The van der Waals surface area contributed by atoms with Crippen LogP contribution in [0.1, 0.15) is 37.6 Å². The van der Waals surface area contributed by atoms with Crippen molar-refractivity contribution in [1.29, 1.82) is 0 Å². The molecule has 0 unspecified atom stereocenters. The molecule has 0 bridgehead atoms. The molecule has 0 aliphatic carbocycles. The number of rotatable bonds is 6. The third-order valence-corrected chi connectivity index (χ3v) is 3.13. The molecule has 7 nitrogen and oxygen atoms in total. The fraction of sp³-hybridized carbons (Fsp3) is 0.412. The largest absolute Gasteiger partial charge is 0.497 e. The number of ether oxygens (including phenoxy) is 2. The number of hydrazone groups is 1. The second-order valence-electron chi connectivity index (χ2n) is 6.07. The van der Waals surface area contributed by atoms with Crippen molar-refractivity contribution < 1.29 is 23.9 Å². The number of amides is 1. The van der Waals surface area contributed by atoms with E-state index < -0.39 is 11.4 Å². The maximum absolute atomic E-state index is 12.3. The highest BCUT2D eigenvalue weighted by Crippen LogP contribution is 2.14. The zero-order chi connectivity index (χ0) is 18.3. The summed E-state index contributed by atoms with van der Waals surface area (Å²) in [6.45, 7) is 5.12. The first-order chi connectivity index (χ1) is 11.2. The van der Waals surface area contributed by atoms with E-state index in [1.54, 1.807) is 45.0 Å². The average Bonchev–Trinajstić information content (AvgIpc) is 2.56. The van der Waals surface area contributed by atoms with Gasteiger partial charge >= 0.3 is 5.97 Å². The lowest BCUT2D eigenvalue weighted by atomic mass is 9.96. The SMILES string of the molecule is COC(=O)/C(CC(=O)c1ccc(OC)cc1)=N\NC(=O)C(C)(C)C. The van der Waals surface area contributed by atoms with Crippen molar-refractivity contribution in [2.24, 2.45) is 10.5 Å². The summed E-state index contributed by atoms with van der Waals surface area (Å²) in [4.78, 5) is 35.9. The molecular weight excluding hydrogens is 312 g/mol. The van der Waals surface area contributed by atoms with Crippen LogP contribution in [-0.2, 0) is 14.3 Å². The van der Waals surface area contributed by atoms with E-state index >= 15 is 0 Å². The van der Waals surface area contributed by atoms with Gasteiger partial charge in [0.1, 0.15) is 5.75 Å². The van der Waals surface area contributed by atoms with Crippen LogP contribution in [0.4, 0.5) is 0 Å². The van der Waals surface area contributed by atoms with Crippen LogP contribution in [0.25, 0.3) is 0 Å². The summed E-state index contributed by atoms with van der Waals surface area (Å²) in [6, 6.07) is 6.46. The smallest absolute Gasteiger partial charge is 0.354 e. The third kappa shape index (κ3) is 5.49. The minimum atomic E-state index is -0.772. The van der Waals surface area contributed by atoms with Gasteiger partial charge in [-0.1, -0.05) is 20.8 Å². The van der Waals surface area contributed by atoms with Gasteiger partial charge in [0.15, 0.2) is 11.5 Å². The highest BCUT2D eigenvalue weighted by molar-refractivity contribution is 6.40. The van der Waals surface area contributed by atoms with Crippen LogP contribution in [-0.4, -0.2) is 37.6 Å². The molecular formula is C17H22N2O5. The Hall–Kier alpha value is -2.70. The minimum absolute atomic E-state index is 0.170. The molecule has 24 heavy (non-hydrogen) atoms. The number of carbonyl (C=O) groups excluding carboxylic acids is 3. The molecule has 1 rings (SSSR count). The summed E-state index contributed by atoms with van der Waals surface area (Å²) in [7, 11) is 2.71. The van der Waals surface area contributed by atoms with Gasteiger partial charge in [-0.15, -0.1) is 0 Å². The topological polar surface area (TPSA) is 94.1 Å². The summed E-state index contributed by atoms with van der Waals surface area (Å²) >= 11 is 0. The molecule has 0 aromatic heterocycles. The van der Waals surface area contributed by atoms with E-state index in [4.69, 9.17) is 4.74 Å². The number of nitrogens with one attached hydrogen (secondary N) is 1. The Morgan fingerprint density at radius 2 is 1.67 bits per heavy atom. The van der Waals surface area contributed by atoms with E-state index in [0.717, 1.165) is 0 Å². The van der Waals surface area contributed by atoms with Crippen LogP contribution in [0.15, 0.2) is 29.4 Å². The molecule has 1 aromatic carbocycles. The van der Waals surface area contributed by atoms with E-state index in [2.05, 4.69) is 15.3 Å². The van der Waals surface area contributed by atoms with E-state index in [1.807, 2.05) is 0 Å². The number of hydrogen-bond donors (Lipinski definition) is 1. The van der Waals surface area contributed by atoms with Gasteiger partial charge < -0.3 is 9.47 Å². The quantitative estimate of drug-likeness (QED) is 0.371. The lowest BCUT2D eigenvalue weighted by molar-refractivity contribution is -0.132. The van der Waals surface area contributed by atoms with Crippen LogP contribution < -0.4 is 10.2 Å². The number of Topliss-reactive ketones (excluding diaryl/α,β-unsaturated/α-hetero) is 1. The maximum Gasteiger partial charge on any atom is 0.354 e. The highest BCUT2D eigenvalue weighted by Gasteiger charge is 2.23. The first kappa shape index (κ1) is 19.3. The monoisotopic (exact) mass is 334 g/mol. The molecule has 1 aromatic rings. The Balaban J connectivity index is 2.90. The molecule has 130 valence electrons. The Kier molecular flexibility index (Phi) is 6.64. The Morgan fingerprint density at radius 3 is 2.12 bits per heavy atom. The third-order valence-electron chi connectivity index (χ3n) is 3.13. The number of methoxy groups -OCH3 is 2. The lowest BCUT2D eigenvalue weighted by Crippen LogP contribution is -2.33. The number of esters is 1. The molecule has 0 heterocycles. The molecule has 0 radical (unpaired) electrons. The van der Waals surface area contributed by atoms with Crippen LogP contribution in [0.3, 0.4) is 0 Å². The lowest BCUT2D eigenvalue weighted by Gasteiger charge is -2.15. The Labute approximate surface area is 141 Å². The van der Waals surface area contributed by atoms with Crippen LogP contribution in [0.5, 0.6) is 5.75 Å². The molecule has 1 amide bonds. The number of hydrogen-bond acceptors (Lipinski definition) is 6. The predicted molar refractivity (Wildman–Crippen MR) is 89.0 cm³/mol. The van der Waals surface area contributed by atoms with Crippen molar-refractivity contribution in [3.05, 3.63) is 29.8 Å². The first-order valence-electron chi connectivity index (χ1n) is 7.31. The zero-order valence-electron chi connectivity index (χ0n) is 14.5. The zero-order valence-corrected chi connectivity index (χ0v) is 14.5. The minimum Gasteiger partial charge on any atom is -0.497 e. The maximum atomic E-state index is 12.3. The van der Waals surface area contributed by atoms with Crippen molar-refractivity contribution in [2.75, 3.05) is 14.2 Å². The number of nitrogens with zero attached hydrogens (tertiary/aromatic N) is 1. The van der Waals surface area contributed by atoms with Gasteiger partial charge in [0.25, 0.3) is 0 Å². The fourth-order valence-electron chi connectivity index (χ4n) is 1.59. The second-order valence-corrected chi connectivity index (χ2v) is 6.07. The summed E-state index contributed by atoms with van der Waals surface area (Å²) in [6.07, 6.45) is -0.288. The highest BCUT2D eigenvalue weighted by atomic mass is 16.5. The molecule has 0 aliphatic rings. The molecule has 0 saturated heterocycles. The van der Waals surface area contributed by atoms with Gasteiger partial charge in [0.05, 0.1) is 20.6 Å². The van der Waals surface area contributed by atoms with Gasteiger partial charge in [-0.3, -0.25) is 9.59 Å². The first-order valence-corrected chi connectivity index (χ1v) is 7.31. The van der Waals surface area contributed by atoms with Gasteiger partial charge in [-0.2, -0.15) is 5.10 Å². The second kappa shape index (κ2) is 8.24. The molecule has 0 aliphatic heterocycles. The molecule has 0 fully saturated rings. The van der Waals surface area contributed by atoms with Gasteiger partial charge in [-0.05, 0) is 24.3 Å². The molecule has 1 N–H and O–H groups in total. The summed E-state index contributed by atoms with van der Waals surface area (Å²) < 4.78 is 9.64. The number of benzene rings is 1. The van der Waals surface area contributed by atoms with Gasteiger partial charge in [-0.25, -0.2) is 10.2 Å². The van der Waals surface area contributed by atoms with Crippen molar-refractivity contribution >= 4 is 23.4 Å². The van der Waals surface area contributed by atoms with Crippen LogP contribution in [0.2, 0.25) is 0 Å². The number of ketones is 1. The Morgan fingerprint density at radius 1 is 1.08 bits per heavy atom.